The first-order valence-corrected chi connectivity index (χ1v) is 7.07. The van der Waals surface area contributed by atoms with Crippen LogP contribution in [0.1, 0.15) is 52.9 Å². The van der Waals surface area contributed by atoms with E-state index in [1.807, 2.05) is 0 Å². The molecule has 0 spiro atoms. The molecule has 0 nitrogen and oxygen atoms in total. The van der Waals surface area contributed by atoms with E-state index in [9.17, 15) is 0 Å². The summed E-state index contributed by atoms with van der Waals surface area (Å²) in [6.45, 7) is 11.0. The van der Waals surface area contributed by atoms with Gasteiger partial charge in [-0.05, 0) is 30.1 Å². The maximum absolute atomic E-state index is 4.00. The molecule has 0 amide bonds. The highest BCUT2D eigenvalue weighted by molar-refractivity contribution is 5.07. The van der Waals surface area contributed by atoms with Gasteiger partial charge in [-0.1, -0.05) is 64.7 Å². The normalized spacial score (nSPS) is 31.3. The first-order chi connectivity index (χ1) is 7.78. The molecule has 92 valence electrons. The minimum Gasteiger partial charge on any atom is -0.102 e. The van der Waals surface area contributed by atoms with E-state index in [2.05, 4.69) is 45.6 Å². The third kappa shape index (κ3) is 2.99. The van der Waals surface area contributed by atoms with Gasteiger partial charge in [0.2, 0.25) is 0 Å². The van der Waals surface area contributed by atoms with E-state index in [4.69, 9.17) is 0 Å². The molecule has 0 N–H and O–H groups in total. The smallest absolute Gasteiger partial charge is 0.00251 e. The SMILES string of the molecule is C=CC1C=CC[C@@H](C(CC)CCC)[C@H]1CC. The predicted molar refractivity (Wildman–Crippen MR) is 73.4 cm³/mol. The zero-order chi connectivity index (χ0) is 12.0. The largest absolute Gasteiger partial charge is 0.102 e. The molecule has 1 aliphatic carbocycles. The van der Waals surface area contributed by atoms with Crippen molar-refractivity contribution < 1.29 is 0 Å². The molecular weight excluding hydrogens is 192 g/mol. The Hall–Kier alpha value is -0.520. The standard InChI is InChI=1S/C16H28/c1-5-10-13(6-2)16-12-9-11-14(7-3)15(16)8-4/h7,9,11,13-16H,3,5-6,8,10,12H2,1-2,4H3/t13?,14?,15-,16-/m0/s1. The molecule has 0 aromatic heterocycles. The minimum atomic E-state index is 0.620. The highest BCUT2D eigenvalue weighted by atomic mass is 14.4. The van der Waals surface area contributed by atoms with Crippen LogP contribution >= 0.6 is 0 Å². The highest BCUT2D eigenvalue weighted by Crippen LogP contribution is 2.40. The molecule has 0 aromatic rings. The Balaban J connectivity index is 2.76. The van der Waals surface area contributed by atoms with Crippen LogP contribution in [0.4, 0.5) is 0 Å². The van der Waals surface area contributed by atoms with Crippen molar-refractivity contribution in [1.82, 2.24) is 0 Å². The van der Waals surface area contributed by atoms with Gasteiger partial charge in [0, 0.05) is 0 Å². The van der Waals surface area contributed by atoms with Crippen molar-refractivity contribution >= 4 is 0 Å². The van der Waals surface area contributed by atoms with Gasteiger partial charge in [-0.2, -0.15) is 0 Å². The third-order valence-corrected chi connectivity index (χ3v) is 4.34. The fraction of sp³-hybridized carbons (Fsp3) is 0.750. The lowest BCUT2D eigenvalue weighted by molar-refractivity contribution is 0.171. The summed E-state index contributed by atoms with van der Waals surface area (Å²) in [5.74, 6) is 3.26. The Kier molecular flexibility index (Phi) is 5.87. The molecule has 0 fully saturated rings. The lowest BCUT2D eigenvalue weighted by Crippen LogP contribution is -2.29. The lowest BCUT2D eigenvalue weighted by Gasteiger charge is -2.38. The van der Waals surface area contributed by atoms with Crippen LogP contribution in [0.2, 0.25) is 0 Å². The van der Waals surface area contributed by atoms with Crippen molar-refractivity contribution in [3.63, 3.8) is 0 Å². The van der Waals surface area contributed by atoms with E-state index in [-0.39, 0.29) is 0 Å². The Morgan fingerprint density at radius 3 is 2.62 bits per heavy atom. The Morgan fingerprint density at radius 1 is 1.38 bits per heavy atom. The van der Waals surface area contributed by atoms with Gasteiger partial charge < -0.3 is 0 Å². The fourth-order valence-electron chi connectivity index (χ4n) is 3.46. The number of allylic oxidation sites excluding steroid dienone is 3. The van der Waals surface area contributed by atoms with Crippen LogP contribution in [-0.4, -0.2) is 0 Å². The maximum atomic E-state index is 4.00. The molecule has 2 unspecified atom stereocenters. The molecule has 0 saturated heterocycles. The van der Waals surface area contributed by atoms with Crippen LogP contribution < -0.4 is 0 Å². The molecule has 1 aliphatic rings. The lowest BCUT2D eigenvalue weighted by atomic mass is 9.67. The van der Waals surface area contributed by atoms with Crippen molar-refractivity contribution in [2.75, 3.05) is 0 Å². The van der Waals surface area contributed by atoms with E-state index < -0.39 is 0 Å². The maximum Gasteiger partial charge on any atom is -0.00251 e. The molecule has 0 bridgehead atoms. The average molecular weight is 220 g/mol. The predicted octanol–water partition coefficient (Wildman–Crippen LogP) is 5.22. The van der Waals surface area contributed by atoms with Gasteiger partial charge in [-0.25, -0.2) is 0 Å². The third-order valence-electron chi connectivity index (χ3n) is 4.34. The number of rotatable bonds is 6. The van der Waals surface area contributed by atoms with Gasteiger partial charge in [0.1, 0.15) is 0 Å². The summed E-state index contributed by atoms with van der Waals surface area (Å²) in [7, 11) is 0. The summed E-state index contributed by atoms with van der Waals surface area (Å²) in [5, 5.41) is 0. The van der Waals surface area contributed by atoms with Gasteiger partial charge in [0.05, 0.1) is 0 Å². The Labute approximate surface area is 102 Å². The average Bonchev–Trinajstić information content (AvgIpc) is 2.34. The highest BCUT2D eigenvalue weighted by Gasteiger charge is 2.31. The zero-order valence-electron chi connectivity index (χ0n) is 11.3. The van der Waals surface area contributed by atoms with E-state index in [0.717, 1.165) is 17.8 Å². The molecule has 0 aromatic carbocycles. The molecule has 1 rings (SSSR count). The summed E-state index contributed by atoms with van der Waals surface area (Å²) in [6, 6.07) is 0. The second-order valence-electron chi connectivity index (χ2n) is 5.17. The number of hydrogen-bond donors (Lipinski definition) is 0. The van der Waals surface area contributed by atoms with Crippen LogP contribution in [-0.2, 0) is 0 Å². The first-order valence-electron chi connectivity index (χ1n) is 7.07. The van der Waals surface area contributed by atoms with Gasteiger partial charge in [-0.3, -0.25) is 0 Å². The Bertz CT molecular complexity index is 226. The van der Waals surface area contributed by atoms with Crippen molar-refractivity contribution in [3.05, 3.63) is 24.8 Å². The van der Waals surface area contributed by atoms with Gasteiger partial charge in [-0.15, -0.1) is 6.58 Å². The monoisotopic (exact) mass is 220 g/mol. The molecule has 4 atom stereocenters. The Morgan fingerprint density at radius 2 is 2.12 bits per heavy atom. The van der Waals surface area contributed by atoms with Gasteiger partial charge in [0.15, 0.2) is 0 Å². The van der Waals surface area contributed by atoms with E-state index in [1.165, 1.54) is 32.1 Å². The van der Waals surface area contributed by atoms with Gasteiger partial charge >= 0.3 is 0 Å². The summed E-state index contributed by atoms with van der Waals surface area (Å²) < 4.78 is 0. The quantitative estimate of drug-likeness (QED) is 0.538. The van der Waals surface area contributed by atoms with Crippen molar-refractivity contribution in [2.24, 2.45) is 23.7 Å². The van der Waals surface area contributed by atoms with Crippen molar-refractivity contribution in [1.29, 1.82) is 0 Å². The second-order valence-corrected chi connectivity index (χ2v) is 5.17. The molecular formula is C16H28. The zero-order valence-corrected chi connectivity index (χ0v) is 11.3. The van der Waals surface area contributed by atoms with Gasteiger partial charge in [0.25, 0.3) is 0 Å². The minimum absolute atomic E-state index is 0.620. The van der Waals surface area contributed by atoms with Crippen molar-refractivity contribution in [3.8, 4) is 0 Å². The van der Waals surface area contributed by atoms with E-state index in [0.29, 0.717) is 5.92 Å². The van der Waals surface area contributed by atoms with Crippen LogP contribution in [0.5, 0.6) is 0 Å². The number of hydrogen-bond acceptors (Lipinski definition) is 0. The second kappa shape index (κ2) is 6.93. The summed E-state index contributed by atoms with van der Waals surface area (Å²) in [4.78, 5) is 0. The van der Waals surface area contributed by atoms with Crippen LogP contribution in [0, 0.1) is 23.7 Å². The van der Waals surface area contributed by atoms with Crippen LogP contribution in [0.3, 0.4) is 0 Å². The molecule has 0 heteroatoms. The first kappa shape index (κ1) is 13.5. The molecule has 16 heavy (non-hydrogen) atoms. The molecule has 0 aliphatic heterocycles. The fourth-order valence-corrected chi connectivity index (χ4v) is 3.46. The topological polar surface area (TPSA) is 0 Å². The van der Waals surface area contributed by atoms with E-state index in [1.54, 1.807) is 0 Å². The van der Waals surface area contributed by atoms with Crippen LogP contribution in [0.25, 0.3) is 0 Å². The summed E-state index contributed by atoms with van der Waals surface area (Å²) >= 11 is 0. The summed E-state index contributed by atoms with van der Waals surface area (Å²) in [5.41, 5.74) is 0. The van der Waals surface area contributed by atoms with Crippen molar-refractivity contribution in [2.45, 2.75) is 52.9 Å². The molecule has 0 heterocycles. The molecule has 0 saturated carbocycles. The summed E-state index contributed by atoms with van der Waals surface area (Å²) in [6.07, 6.45) is 13.6. The van der Waals surface area contributed by atoms with Crippen LogP contribution in [0.15, 0.2) is 24.8 Å². The van der Waals surface area contributed by atoms with E-state index >= 15 is 0 Å². The molecule has 0 radical (unpaired) electrons.